The average Bonchev–Trinajstić information content (AvgIpc) is 2.70. The van der Waals surface area contributed by atoms with Crippen molar-refractivity contribution >= 4 is 22.9 Å². The minimum absolute atomic E-state index is 0.167. The average molecular weight is 262 g/mol. The summed E-state index contributed by atoms with van der Waals surface area (Å²) < 4.78 is 6.10. The van der Waals surface area contributed by atoms with E-state index >= 15 is 0 Å². The van der Waals surface area contributed by atoms with Gasteiger partial charge in [0.2, 0.25) is 0 Å². The molecule has 0 aliphatic rings. The van der Waals surface area contributed by atoms with Gasteiger partial charge in [-0.1, -0.05) is 0 Å². The number of fused-ring (bicyclic) bond motifs is 1. The van der Waals surface area contributed by atoms with Crippen molar-refractivity contribution in [1.82, 2.24) is 20.1 Å². The summed E-state index contributed by atoms with van der Waals surface area (Å²) in [5.41, 5.74) is 1.89. The Hall–Kier alpha value is -2.44. The number of aromatic nitrogens is 3. The van der Waals surface area contributed by atoms with Crippen LogP contribution >= 0.6 is 0 Å². The molecule has 0 aliphatic heterocycles. The molecule has 7 heteroatoms. The Morgan fingerprint density at radius 1 is 1.47 bits per heavy atom. The largest absolute Gasteiger partial charge is 0.468 e. The van der Waals surface area contributed by atoms with Crippen molar-refractivity contribution in [1.29, 1.82) is 0 Å². The van der Waals surface area contributed by atoms with Crippen LogP contribution < -0.4 is 5.32 Å². The minimum atomic E-state index is -0.500. The highest BCUT2D eigenvalue weighted by Gasteiger charge is 2.12. The Balaban J connectivity index is 2.23. The molecular weight excluding hydrogens is 248 g/mol. The Morgan fingerprint density at radius 2 is 2.21 bits per heavy atom. The summed E-state index contributed by atoms with van der Waals surface area (Å²) in [6.45, 7) is 1.68. The molecule has 2 rings (SSSR count). The Morgan fingerprint density at radius 3 is 2.89 bits per heavy atom. The fourth-order valence-electron chi connectivity index (χ4n) is 1.76. The summed E-state index contributed by atoms with van der Waals surface area (Å²) in [5, 5.41) is 7.50. The summed E-state index contributed by atoms with van der Waals surface area (Å²) in [6, 6.07) is 1.71. The van der Waals surface area contributed by atoms with Gasteiger partial charge in [-0.05, 0) is 13.0 Å². The lowest BCUT2D eigenvalue weighted by Crippen LogP contribution is -2.30. The van der Waals surface area contributed by atoms with Gasteiger partial charge in [0.15, 0.2) is 5.65 Å². The van der Waals surface area contributed by atoms with E-state index in [-0.39, 0.29) is 12.5 Å². The minimum Gasteiger partial charge on any atom is -0.468 e. The molecule has 2 aromatic heterocycles. The van der Waals surface area contributed by atoms with Crippen LogP contribution in [-0.4, -0.2) is 40.3 Å². The predicted octanol–water partition coefficient (Wildman–Crippen LogP) is 0.180. The highest BCUT2D eigenvalue weighted by atomic mass is 16.5. The van der Waals surface area contributed by atoms with Crippen LogP contribution in [0.4, 0.5) is 0 Å². The fourth-order valence-corrected chi connectivity index (χ4v) is 1.76. The summed E-state index contributed by atoms with van der Waals surface area (Å²) >= 11 is 0. The first-order chi connectivity index (χ1) is 9.02. The van der Waals surface area contributed by atoms with E-state index in [0.29, 0.717) is 11.2 Å². The van der Waals surface area contributed by atoms with Gasteiger partial charge in [-0.2, -0.15) is 5.10 Å². The van der Waals surface area contributed by atoms with Crippen LogP contribution in [0.2, 0.25) is 0 Å². The van der Waals surface area contributed by atoms with E-state index in [9.17, 15) is 9.59 Å². The number of carbonyl (C=O) groups is 2. The third-order valence-corrected chi connectivity index (χ3v) is 2.75. The number of pyridine rings is 1. The number of nitrogens with zero attached hydrogens (tertiary/aromatic N) is 3. The van der Waals surface area contributed by atoms with Crippen LogP contribution in [0, 0.1) is 6.92 Å². The molecule has 1 amide bonds. The highest BCUT2D eigenvalue weighted by Crippen LogP contribution is 2.16. The maximum absolute atomic E-state index is 11.8. The van der Waals surface area contributed by atoms with Crippen molar-refractivity contribution in [3.8, 4) is 0 Å². The molecule has 2 aromatic rings. The lowest BCUT2D eigenvalue weighted by atomic mass is 10.2. The third-order valence-electron chi connectivity index (χ3n) is 2.75. The van der Waals surface area contributed by atoms with Crippen molar-refractivity contribution in [2.24, 2.45) is 7.05 Å². The second-order valence-electron chi connectivity index (χ2n) is 4.06. The van der Waals surface area contributed by atoms with Gasteiger partial charge < -0.3 is 10.1 Å². The smallest absolute Gasteiger partial charge is 0.325 e. The van der Waals surface area contributed by atoms with E-state index in [2.05, 4.69) is 20.1 Å². The van der Waals surface area contributed by atoms with Crippen LogP contribution in [0.5, 0.6) is 0 Å². The number of esters is 1. The molecule has 0 bridgehead atoms. The maximum atomic E-state index is 11.8. The van der Waals surface area contributed by atoms with Gasteiger partial charge in [0, 0.05) is 18.6 Å². The van der Waals surface area contributed by atoms with Gasteiger partial charge >= 0.3 is 5.97 Å². The molecule has 100 valence electrons. The normalized spacial score (nSPS) is 10.5. The topological polar surface area (TPSA) is 86.1 Å². The van der Waals surface area contributed by atoms with Crippen LogP contribution in [0.1, 0.15) is 16.1 Å². The van der Waals surface area contributed by atoms with Crippen molar-refractivity contribution in [2.75, 3.05) is 13.7 Å². The number of carbonyl (C=O) groups excluding carboxylic acids is 2. The van der Waals surface area contributed by atoms with Gasteiger partial charge in [-0.15, -0.1) is 0 Å². The first-order valence-corrected chi connectivity index (χ1v) is 5.67. The van der Waals surface area contributed by atoms with Gasteiger partial charge in [0.1, 0.15) is 6.54 Å². The van der Waals surface area contributed by atoms with Crippen LogP contribution in [0.3, 0.4) is 0 Å². The number of amides is 1. The molecule has 0 fully saturated rings. The monoisotopic (exact) mass is 262 g/mol. The number of methoxy groups -OCH3 is 1. The molecule has 0 aromatic carbocycles. The molecule has 0 radical (unpaired) electrons. The Bertz CT molecular complexity index is 648. The van der Waals surface area contributed by atoms with E-state index in [1.165, 1.54) is 13.3 Å². The molecule has 7 nitrogen and oxygen atoms in total. The number of ether oxygens (including phenoxy) is 1. The van der Waals surface area contributed by atoms with Crippen LogP contribution in [0.15, 0.2) is 12.3 Å². The Labute approximate surface area is 109 Å². The highest BCUT2D eigenvalue weighted by molar-refractivity contribution is 5.98. The zero-order chi connectivity index (χ0) is 14.0. The summed E-state index contributed by atoms with van der Waals surface area (Å²) in [5.74, 6) is -0.872. The van der Waals surface area contributed by atoms with Gasteiger partial charge in [0.25, 0.3) is 5.91 Å². The van der Waals surface area contributed by atoms with E-state index in [1.54, 1.807) is 17.8 Å². The van der Waals surface area contributed by atoms with E-state index in [4.69, 9.17) is 0 Å². The zero-order valence-corrected chi connectivity index (χ0v) is 10.9. The molecule has 0 spiro atoms. The second kappa shape index (κ2) is 5.05. The third kappa shape index (κ3) is 2.54. The van der Waals surface area contributed by atoms with Crippen molar-refractivity contribution in [3.05, 3.63) is 23.5 Å². The second-order valence-corrected chi connectivity index (χ2v) is 4.06. The summed E-state index contributed by atoms with van der Waals surface area (Å²) in [6.07, 6.45) is 1.45. The SMILES string of the molecule is COC(=O)CNC(=O)c1cnc2c(c1)c(C)nn2C. The van der Waals surface area contributed by atoms with E-state index in [0.717, 1.165) is 11.1 Å². The number of hydrogen-bond acceptors (Lipinski definition) is 5. The molecule has 0 saturated carbocycles. The lowest BCUT2D eigenvalue weighted by Gasteiger charge is -2.03. The zero-order valence-electron chi connectivity index (χ0n) is 10.9. The quantitative estimate of drug-likeness (QED) is 0.797. The van der Waals surface area contributed by atoms with Crippen LogP contribution in [0.25, 0.3) is 11.0 Å². The van der Waals surface area contributed by atoms with E-state index < -0.39 is 5.97 Å². The first-order valence-electron chi connectivity index (χ1n) is 5.67. The number of hydrogen-bond donors (Lipinski definition) is 1. The standard InChI is InChI=1S/C12H14N4O3/c1-7-9-4-8(5-13-11(9)16(2)15-7)12(18)14-6-10(17)19-3/h4-5H,6H2,1-3H3,(H,14,18). The van der Waals surface area contributed by atoms with Gasteiger partial charge in [0.05, 0.1) is 18.4 Å². The Kier molecular flexibility index (Phi) is 3.46. The van der Waals surface area contributed by atoms with Gasteiger partial charge in [-0.25, -0.2) is 4.98 Å². The fraction of sp³-hybridized carbons (Fsp3) is 0.333. The number of aryl methyl sites for hydroxylation is 2. The number of rotatable bonds is 3. The van der Waals surface area contributed by atoms with Gasteiger partial charge in [-0.3, -0.25) is 14.3 Å². The number of nitrogens with one attached hydrogen (secondary N) is 1. The summed E-state index contributed by atoms with van der Waals surface area (Å²) in [4.78, 5) is 27.0. The predicted molar refractivity (Wildman–Crippen MR) is 67.6 cm³/mol. The van der Waals surface area contributed by atoms with Crippen molar-refractivity contribution in [2.45, 2.75) is 6.92 Å². The molecule has 2 heterocycles. The molecule has 0 saturated heterocycles. The van der Waals surface area contributed by atoms with Crippen molar-refractivity contribution < 1.29 is 14.3 Å². The molecule has 19 heavy (non-hydrogen) atoms. The lowest BCUT2D eigenvalue weighted by molar-refractivity contribution is -0.139. The van der Waals surface area contributed by atoms with Crippen molar-refractivity contribution in [3.63, 3.8) is 0 Å². The van der Waals surface area contributed by atoms with Crippen LogP contribution in [-0.2, 0) is 16.6 Å². The molecule has 0 aliphatic carbocycles. The maximum Gasteiger partial charge on any atom is 0.325 e. The molecule has 0 atom stereocenters. The van der Waals surface area contributed by atoms with E-state index in [1.807, 2.05) is 6.92 Å². The molecule has 1 N–H and O–H groups in total. The first kappa shape index (κ1) is 13.0. The molecular formula is C12H14N4O3. The molecule has 0 unspecified atom stereocenters. The summed E-state index contributed by atoms with van der Waals surface area (Å²) in [7, 11) is 3.06.